The van der Waals surface area contributed by atoms with Gasteiger partial charge in [-0.1, -0.05) is 6.07 Å². The molecule has 1 aromatic heterocycles. The molecule has 1 amide bonds. The van der Waals surface area contributed by atoms with Crippen LogP contribution in [0.3, 0.4) is 0 Å². The van der Waals surface area contributed by atoms with E-state index in [2.05, 4.69) is 10.3 Å². The van der Waals surface area contributed by atoms with E-state index in [1.54, 1.807) is 35.2 Å². The second-order valence-corrected chi connectivity index (χ2v) is 6.50. The number of benzene rings is 2. The van der Waals surface area contributed by atoms with E-state index in [9.17, 15) is 14.7 Å². The maximum atomic E-state index is 12.2. The fourth-order valence-corrected chi connectivity index (χ4v) is 3.59. The van der Waals surface area contributed by atoms with E-state index in [4.69, 9.17) is 9.47 Å². The Kier molecular flexibility index (Phi) is 4.67. The third-order valence-corrected chi connectivity index (χ3v) is 4.94. The molecule has 0 radical (unpaired) electrons. The van der Waals surface area contributed by atoms with Crippen LogP contribution in [0.15, 0.2) is 42.7 Å². The Balaban J connectivity index is 1.89. The number of amides is 1. The van der Waals surface area contributed by atoms with Crippen molar-refractivity contribution in [2.75, 3.05) is 20.8 Å². The van der Waals surface area contributed by atoms with Gasteiger partial charge in [-0.05, 0) is 36.2 Å². The number of carbonyl (C=O) groups is 2. The molecular weight excluding hydrogens is 374 g/mol. The summed E-state index contributed by atoms with van der Waals surface area (Å²) in [5, 5.41) is 12.7. The van der Waals surface area contributed by atoms with Gasteiger partial charge < -0.3 is 19.9 Å². The number of rotatable bonds is 5. The average molecular weight is 393 g/mol. The van der Waals surface area contributed by atoms with E-state index in [1.807, 2.05) is 12.1 Å². The minimum absolute atomic E-state index is 0.0463. The van der Waals surface area contributed by atoms with E-state index in [0.717, 1.165) is 12.0 Å². The summed E-state index contributed by atoms with van der Waals surface area (Å²) < 4.78 is 12.3. The molecule has 0 saturated carbocycles. The van der Waals surface area contributed by atoms with Crippen molar-refractivity contribution in [1.29, 1.82) is 0 Å². The Hall–Kier alpha value is -3.81. The molecule has 1 aliphatic rings. The number of imidazole rings is 1. The molecular formula is C21H19N3O5. The highest BCUT2D eigenvalue weighted by Gasteiger charge is 2.25. The van der Waals surface area contributed by atoms with Crippen molar-refractivity contribution in [2.45, 2.75) is 6.42 Å². The normalized spacial score (nSPS) is 12.8. The van der Waals surface area contributed by atoms with Gasteiger partial charge in [-0.15, -0.1) is 0 Å². The summed E-state index contributed by atoms with van der Waals surface area (Å²) in [4.78, 5) is 28.6. The Morgan fingerprint density at radius 2 is 2.00 bits per heavy atom. The predicted octanol–water partition coefficient (Wildman–Crippen LogP) is 2.54. The fourth-order valence-electron chi connectivity index (χ4n) is 3.59. The molecule has 8 heteroatoms. The molecule has 0 unspecified atom stereocenters. The topological polar surface area (TPSA) is 103 Å². The maximum Gasteiger partial charge on any atom is 0.340 e. The summed E-state index contributed by atoms with van der Waals surface area (Å²) >= 11 is 0. The van der Waals surface area contributed by atoms with Gasteiger partial charge >= 0.3 is 5.97 Å². The van der Waals surface area contributed by atoms with Crippen molar-refractivity contribution in [2.24, 2.45) is 0 Å². The molecule has 1 aliphatic heterocycles. The molecule has 0 aliphatic carbocycles. The first-order valence-electron chi connectivity index (χ1n) is 8.98. The Bertz CT molecular complexity index is 1120. The summed E-state index contributed by atoms with van der Waals surface area (Å²) in [6.45, 7) is 0.620. The zero-order valence-electron chi connectivity index (χ0n) is 15.9. The highest BCUT2D eigenvalue weighted by Crippen LogP contribution is 2.38. The van der Waals surface area contributed by atoms with E-state index in [1.165, 1.54) is 14.2 Å². The van der Waals surface area contributed by atoms with Crippen LogP contribution >= 0.6 is 0 Å². The van der Waals surface area contributed by atoms with Crippen LogP contribution in [0.1, 0.15) is 26.3 Å². The van der Waals surface area contributed by atoms with Crippen molar-refractivity contribution >= 4 is 11.9 Å². The van der Waals surface area contributed by atoms with Crippen molar-refractivity contribution in [3.63, 3.8) is 0 Å². The quantitative estimate of drug-likeness (QED) is 0.691. The van der Waals surface area contributed by atoms with Crippen LogP contribution in [0.2, 0.25) is 0 Å². The fraction of sp³-hybridized carbons (Fsp3) is 0.190. The number of ether oxygens (including phenoxy) is 2. The number of hydrogen-bond acceptors (Lipinski definition) is 5. The number of hydrogen-bond donors (Lipinski definition) is 2. The molecule has 0 spiro atoms. The van der Waals surface area contributed by atoms with Crippen molar-refractivity contribution in [1.82, 2.24) is 14.9 Å². The first kappa shape index (κ1) is 18.5. The van der Waals surface area contributed by atoms with Crippen LogP contribution < -0.4 is 14.8 Å². The summed E-state index contributed by atoms with van der Waals surface area (Å²) in [5.74, 6) is -0.421. The lowest BCUT2D eigenvalue weighted by molar-refractivity contribution is 0.0693. The van der Waals surface area contributed by atoms with Crippen LogP contribution in [0.4, 0.5) is 0 Å². The maximum absolute atomic E-state index is 12.2. The number of nitrogens with zero attached hydrogens (tertiary/aromatic N) is 2. The van der Waals surface area contributed by atoms with Crippen LogP contribution in [0.25, 0.3) is 17.1 Å². The monoisotopic (exact) mass is 393 g/mol. The molecule has 29 heavy (non-hydrogen) atoms. The highest BCUT2D eigenvalue weighted by atomic mass is 16.5. The zero-order valence-corrected chi connectivity index (χ0v) is 15.9. The predicted molar refractivity (Wildman–Crippen MR) is 105 cm³/mol. The number of methoxy groups -OCH3 is 2. The van der Waals surface area contributed by atoms with Gasteiger partial charge in [0.15, 0.2) is 11.5 Å². The molecule has 2 N–H and O–H groups in total. The number of fused-ring (bicyclic) bond motifs is 1. The standard InChI is InChI=1S/C21H19N3O5/c1-28-16-6-5-14(17(21(26)27)18(16)29-2)19-22-9-10-24(19)13-4-3-12-7-8-23-20(25)15(12)11-13/h3-6,9-11H,7-8H2,1-2H3,(H,23,25)(H,26,27). The first-order chi connectivity index (χ1) is 14.0. The molecule has 0 saturated heterocycles. The Morgan fingerprint density at radius 1 is 1.17 bits per heavy atom. The van der Waals surface area contributed by atoms with Crippen LogP contribution in [-0.2, 0) is 6.42 Å². The number of carboxylic acid groups (broad SMARTS) is 1. The van der Waals surface area contributed by atoms with Crippen LogP contribution in [0.5, 0.6) is 11.5 Å². The van der Waals surface area contributed by atoms with Crippen molar-refractivity contribution in [3.05, 3.63) is 59.4 Å². The largest absolute Gasteiger partial charge is 0.493 e. The van der Waals surface area contributed by atoms with Gasteiger partial charge in [-0.25, -0.2) is 9.78 Å². The number of carboxylic acids is 1. The lowest BCUT2D eigenvalue weighted by atomic mass is 9.99. The molecule has 2 heterocycles. The van der Waals surface area contributed by atoms with Gasteiger partial charge in [0.05, 0.1) is 14.2 Å². The summed E-state index contributed by atoms with van der Waals surface area (Å²) in [6, 6.07) is 8.87. The van der Waals surface area contributed by atoms with Crippen LogP contribution in [0, 0.1) is 0 Å². The minimum Gasteiger partial charge on any atom is -0.493 e. The van der Waals surface area contributed by atoms with Crippen LogP contribution in [-0.4, -0.2) is 47.3 Å². The summed E-state index contributed by atoms with van der Waals surface area (Å²) in [7, 11) is 2.84. The molecule has 3 aromatic rings. The summed E-state index contributed by atoms with van der Waals surface area (Å²) in [6.07, 6.45) is 4.08. The van der Waals surface area contributed by atoms with E-state index in [-0.39, 0.29) is 17.2 Å². The lowest BCUT2D eigenvalue weighted by Crippen LogP contribution is -2.31. The molecule has 2 aromatic carbocycles. The average Bonchev–Trinajstić information content (AvgIpc) is 3.22. The third-order valence-electron chi connectivity index (χ3n) is 4.94. The molecule has 148 valence electrons. The second kappa shape index (κ2) is 7.31. The Morgan fingerprint density at radius 3 is 2.72 bits per heavy atom. The third kappa shape index (κ3) is 3.08. The second-order valence-electron chi connectivity index (χ2n) is 6.50. The molecule has 0 atom stereocenters. The Labute approximate surface area is 166 Å². The van der Waals surface area contributed by atoms with E-state index in [0.29, 0.717) is 34.9 Å². The number of nitrogens with one attached hydrogen (secondary N) is 1. The van der Waals surface area contributed by atoms with Gasteiger partial charge in [0.2, 0.25) is 0 Å². The highest BCUT2D eigenvalue weighted by molar-refractivity contribution is 6.00. The lowest BCUT2D eigenvalue weighted by Gasteiger charge is -2.19. The van der Waals surface area contributed by atoms with E-state index < -0.39 is 5.97 Å². The van der Waals surface area contributed by atoms with Gasteiger partial charge in [-0.2, -0.15) is 0 Å². The van der Waals surface area contributed by atoms with Gasteiger partial charge in [0, 0.05) is 35.8 Å². The van der Waals surface area contributed by atoms with Gasteiger partial charge in [-0.3, -0.25) is 9.36 Å². The molecule has 4 rings (SSSR count). The number of aromatic nitrogens is 2. The zero-order chi connectivity index (χ0) is 20.5. The number of carbonyl (C=O) groups excluding carboxylic acids is 1. The molecule has 0 fully saturated rings. The number of aromatic carboxylic acids is 1. The first-order valence-corrected chi connectivity index (χ1v) is 8.98. The SMILES string of the molecule is COc1ccc(-c2nccn2-c2ccc3c(c2)C(=O)NCC3)c(C(=O)O)c1OC. The molecule has 0 bridgehead atoms. The minimum atomic E-state index is -1.16. The van der Waals surface area contributed by atoms with Gasteiger partial charge in [0.25, 0.3) is 5.91 Å². The smallest absolute Gasteiger partial charge is 0.340 e. The summed E-state index contributed by atoms with van der Waals surface area (Å²) in [5.41, 5.74) is 2.63. The van der Waals surface area contributed by atoms with Crippen molar-refractivity contribution < 1.29 is 24.2 Å². The van der Waals surface area contributed by atoms with E-state index >= 15 is 0 Å². The van der Waals surface area contributed by atoms with Gasteiger partial charge in [0.1, 0.15) is 11.4 Å². The van der Waals surface area contributed by atoms with Crippen molar-refractivity contribution in [3.8, 4) is 28.6 Å². The molecule has 8 nitrogen and oxygen atoms in total.